The number of hydrazone groups is 1. The number of hydrogen-bond acceptors (Lipinski definition) is 6. The van der Waals surface area contributed by atoms with Crippen molar-refractivity contribution in [2.45, 2.75) is 53.9 Å². The fourth-order valence-corrected chi connectivity index (χ4v) is 4.01. The van der Waals surface area contributed by atoms with Gasteiger partial charge < -0.3 is 10.1 Å². The number of ether oxygens (including phenoxy) is 1. The third-order valence-corrected chi connectivity index (χ3v) is 6.25. The summed E-state index contributed by atoms with van der Waals surface area (Å²) < 4.78 is 6.69. The van der Waals surface area contributed by atoms with Gasteiger partial charge in [0, 0.05) is 11.4 Å². The average molecular weight is 439 g/mol. The molecule has 0 aliphatic rings. The predicted molar refractivity (Wildman–Crippen MR) is 131 cm³/mol. The molecule has 31 heavy (non-hydrogen) atoms. The first kappa shape index (κ1) is 22.7. The fourth-order valence-electron chi connectivity index (χ4n) is 3.12. The average Bonchev–Trinajstić information content (AvgIpc) is 3.16. The topological polar surface area (TPSA) is 75.6 Å². The molecule has 0 atom stereocenters. The quantitative estimate of drug-likeness (QED) is 0.322. The summed E-state index contributed by atoms with van der Waals surface area (Å²) in [5.74, 6) is 0.956. The molecule has 0 saturated carbocycles. The first-order valence-electron chi connectivity index (χ1n) is 10.5. The Balaban J connectivity index is 1.70. The van der Waals surface area contributed by atoms with E-state index >= 15 is 0 Å². The van der Waals surface area contributed by atoms with Crippen molar-refractivity contribution in [1.82, 2.24) is 4.98 Å². The van der Waals surface area contributed by atoms with Gasteiger partial charge in [-0.15, -0.1) is 0 Å². The fraction of sp³-hybridized carbons (Fsp3) is 0.375. The van der Waals surface area contributed by atoms with Gasteiger partial charge in [0.05, 0.1) is 10.2 Å². The minimum atomic E-state index is -0.190. The highest BCUT2D eigenvalue weighted by Gasteiger charge is 2.15. The van der Waals surface area contributed by atoms with Gasteiger partial charge in [0.15, 0.2) is 6.61 Å². The van der Waals surface area contributed by atoms with Gasteiger partial charge in [-0.25, -0.2) is 4.98 Å². The maximum absolute atomic E-state index is 12.5. The number of aromatic nitrogens is 1. The van der Waals surface area contributed by atoms with Gasteiger partial charge in [-0.2, -0.15) is 5.10 Å². The summed E-state index contributed by atoms with van der Waals surface area (Å²) in [6, 6.07) is 9.85. The maximum Gasteiger partial charge on any atom is 0.262 e. The molecule has 7 heteroatoms. The standard InChI is InChI=1S/C24H30N4O2S/c1-7-16(5)27-28-24-25-20-12-15(4)22(17(6)23(20)31-24)26-21(29)13-30-19-10-8-18(9-11-19)14(2)3/h8-12,14H,7,13H2,1-6H3,(H,25,28)(H,26,29)/b27-16+. The molecule has 0 aliphatic carbocycles. The van der Waals surface area contributed by atoms with E-state index in [-0.39, 0.29) is 12.5 Å². The Bertz CT molecular complexity index is 1100. The van der Waals surface area contributed by atoms with E-state index in [4.69, 9.17) is 4.74 Å². The number of carbonyl (C=O) groups is 1. The number of nitrogens with one attached hydrogen (secondary N) is 2. The Hall–Kier alpha value is -2.93. The minimum Gasteiger partial charge on any atom is -0.484 e. The molecule has 6 nitrogen and oxygen atoms in total. The number of amides is 1. The van der Waals surface area contributed by atoms with Crippen molar-refractivity contribution in [3.05, 3.63) is 47.0 Å². The lowest BCUT2D eigenvalue weighted by Gasteiger charge is -2.13. The number of carbonyl (C=O) groups excluding carboxylic acids is 1. The zero-order valence-corrected chi connectivity index (χ0v) is 19.8. The minimum absolute atomic E-state index is 0.0432. The van der Waals surface area contributed by atoms with Crippen LogP contribution in [0.3, 0.4) is 0 Å². The Morgan fingerprint density at radius 2 is 1.94 bits per heavy atom. The zero-order valence-electron chi connectivity index (χ0n) is 19.0. The van der Waals surface area contributed by atoms with Crippen LogP contribution >= 0.6 is 11.3 Å². The van der Waals surface area contributed by atoms with Crippen molar-refractivity contribution >= 4 is 44.0 Å². The van der Waals surface area contributed by atoms with Gasteiger partial charge in [0.1, 0.15) is 5.75 Å². The number of fused-ring (bicyclic) bond motifs is 1. The summed E-state index contributed by atoms with van der Waals surface area (Å²) >= 11 is 1.53. The normalized spacial score (nSPS) is 11.8. The number of thiazole rings is 1. The van der Waals surface area contributed by atoms with E-state index in [1.807, 2.05) is 51.1 Å². The van der Waals surface area contributed by atoms with Crippen LogP contribution in [0, 0.1) is 13.8 Å². The molecular formula is C24H30N4O2S. The second-order valence-electron chi connectivity index (χ2n) is 7.93. The molecule has 1 aromatic heterocycles. The van der Waals surface area contributed by atoms with E-state index in [1.165, 1.54) is 16.9 Å². The van der Waals surface area contributed by atoms with Crippen molar-refractivity contribution in [3.8, 4) is 5.75 Å². The monoisotopic (exact) mass is 438 g/mol. The molecule has 0 aliphatic heterocycles. The van der Waals surface area contributed by atoms with E-state index in [0.29, 0.717) is 11.7 Å². The third-order valence-electron chi connectivity index (χ3n) is 5.15. The summed E-state index contributed by atoms with van der Waals surface area (Å²) in [5, 5.41) is 8.07. The molecule has 0 bridgehead atoms. The molecule has 1 amide bonds. The van der Waals surface area contributed by atoms with Crippen LogP contribution in [0.4, 0.5) is 10.8 Å². The molecule has 0 fully saturated rings. The van der Waals surface area contributed by atoms with Crippen molar-refractivity contribution in [3.63, 3.8) is 0 Å². The molecule has 1 heterocycles. The molecule has 0 saturated heterocycles. The Kier molecular flexibility index (Phi) is 7.28. The molecule has 3 aromatic rings. The van der Waals surface area contributed by atoms with Crippen molar-refractivity contribution in [2.24, 2.45) is 5.10 Å². The van der Waals surface area contributed by atoms with Crippen molar-refractivity contribution in [1.29, 1.82) is 0 Å². The van der Waals surface area contributed by atoms with Gasteiger partial charge in [0.2, 0.25) is 5.13 Å². The number of aryl methyl sites for hydroxylation is 2. The number of nitrogens with zero attached hydrogens (tertiary/aromatic N) is 2. The van der Waals surface area contributed by atoms with E-state index in [0.717, 1.165) is 44.3 Å². The lowest BCUT2D eigenvalue weighted by atomic mass is 10.0. The van der Waals surface area contributed by atoms with E-state index < -0.39 is 0 Å². The van der Waals surface area contributed by atoms with Gasteiger partial charge in [-0.05, 0) is 68.0 Å². The van der Waals surface area contributed by atoms with Crippen LogP contribution in [0.15, 0.2) is 35.4 Å². The Morgan fingerprint density at radius 1 is 1.23 bits per heavy atom. The van der Waals surface area contributed by atoms with Gasteiger partial charge >= 0.3 is 0 Å². The van der Waals surface area contributed by atoms with Gasteiger partial charge in [-0.3, -0.25) is 10.2 Å². The van der Waals surface area contributed by atoms with Gasteiger partial charge in [0.25, 0.3) is 5.91 Å². The maximum atomic E-state index is 12.5. The summed E-state index contributed by atoms with van der Waals surface area (Å²) in [6.07, 6.45) is 0.885. The first-order valence-corrected chi connectivity index (χ1v) is 11.3. The first-order chi connectivity index (χ1) is 14.8. The number of benzene rings is 2. The van der Waals surface area contributed by atoms with Gasteiger partial charge in [-0.1, -0.05) is 44.2 Å². The van der Waals surface area contributed by atoms with E-state index in [1.54, 1.807) is 0 Å². The highest BCUT2D eigenvalue weighted by Crippen LogP contribution is 2.35. The molecule has 0 unspecified atom stereocenters. The summed E-state index contributed by atoms with van der Waals surface area (Å²) in [5.41, 5.74) is 8.94. The smallest absolute Gasteiger partial charge is 0.262 e. The number of rotatable bonds is 8. The summed E-state index contributed by atoms with van der Waals surface area (Å²) in [4.78, 5) is 17.2. The SMILES string of the molecule is CC/C(C)=N/Nc1nc2cc(C)c(NC(=O)COc3ccc(C(C)C)cc3)c(C)c2s1. The largest absolute Gasteiger partial charge is 0.484 e. The second kappa shape index (κ2) is 9.92. The van der Waals surface area contributed by atoms with Crippen LogP contribution in [0.5, 0.6) is 5.75 Å². The van der Waals surface area contributed by atoms with Crippen LogP contribution in [-0.2, 0) is 4.79 Å². The molecule has 3 rings (SSSR count). The number of hydrogen-bond donors (Lipinski definition) is 2. The lowest BCUT2D eigenvalue weighted by Crippen LogP contribution is -2.21. The second-order valence-corrected chi connectivity index (χ2v) is 8.93. The molecule has 2 aromatic carbocycles. The van der Waals surface area contributed by atoms with Crippen molar-refractivity contribution in [2.75, 3.05) is 17.3 Å². The summed E-state index contributed by atoms with van der Waals surface area (Å²) in [7, 11) is 0. The molecule has 164 valence electrons. The Labute approximate surface area is 187 Å². The van der Waals surface area contributed by atoms with Crippen LogP contribution in [0.2, 0.25) is 0 Å². The summed E-state index contributed by atoms with van der Waals surface area (Å²) in [6.45, 7) is 12.3. The Morgan fingerprint density at radius 3 is 2.58 bits per heavy atom. The van der Waals surface area contributed by atoms with Crippen molar-refractivity contribution < 1.29 is 9.53 Å². The molecule has 0 radical (unpaired) electrons. The zero-order chi connectivity index (χ0) is 22.5. The van der Waals surface area contributed by atoms with Crippen LogP contribution in [0.1, 0.15) is 56.7 Å². The van der Waals surface area contributed by atoms with E-state index in [9.17, 15) is 4.79 Å². The molecule has 0 spiro atoms. The van der Waals surface area contributed by atoms with Crippen LogP contribution in [-0.4, -0.2) is 23.2 Å². The lowest BCUT2D eigenvalue weighted by molar-refractivity contribution is -0.118. The predicted octanol–water partition coefficient (Wildman–Crippen LogP) is 6.25. The van der Waals surface area contributed by atoms with E-state index in [2.05, 4.69) is 41.6 Å². The highest BCUT2D eigenvalue weighted by atomic mass is 32.1. The highest BCUT2D eigenvalue weighted by molar-refractivity contribution is 7.22. The van der Waals surface area contributed by atoms with Crippen LogP contribution in [0.25, 0.3) is 10.2 Å². The molecular weight excluding hydrogens is 408 g/mol. The third kappa shape index (κ3) is 5.61. The number of anilines is 2. The van der Waals surface area contributed by atoms with Crippen LogP contribution < -0.4 is 15.5 Å². The molecule has 2 N–H and O–H groups in total.